The molecular formula is C10H19N. The van der Waals surface area contributed by atoms with Gasteiger partial charge in [0.1, 0.15) is 0 Å². The second kappa shape index (κ2) is 2.98. The molecule has 0 unspecified atom stereocenters. The molecule has 1 nitrogen and oxygen atoms in total. The van der Waals surface area contributed by atoms with Crippen LogP contribution in [0.3, 0.4) is 0 Å². The highest BCUT2D eigenvalue weighted by Gasteiger charge is 2.54. The van der Waals surface area contributed by atoms with Gasteiger partial charge in [-0.25, -0.2) is 0 Å². The molecule has 11 heavy (non-hydrogen) atoms. The summed E-state index contributed by atoms with van der Waals surface area (Å²) in [6, 6.07) is 0. The summed E-state index contributed by atoms with van der Waals surface area (Å²) in [6.45, 7) is 7.61. The third kappa shape index (κ3) is 1.48. The van der Waals surface area contributed by atoms with Crippen LogP contribution < -0.4 is 5.73 Å². The Labute approximate surface area is 69.7 Å². The largest absolute Gasteiger partial charge is 0.330 e. The molecule has 1 saturated carbocycles. The summed E-state index contributed by atoms with van der Waals surface area (Å²) in [5, 5.41) is 0. The number of nitrogens with two attached hydrogens (primary N) is 1. The van der Waals surface area contributed by atoms with Crippen LogP contribution in [-0.4, -0.2) is 6.54 Å². The van der Waals surface area contributed by atoms with Crippen LogP contribution in [0.5, 0.6) is 0 Å². The van der Waals surface area contributed by atoms with Crippen molar-refractivity contribution in [2.45, 2.75) is 27.2 Å². The highest BCUT2D eigenvalue weighted by molar-refractivity contribution is 5.14. The second-order valence-corrected chi connectivity index (χ2v) is 4.03. The summed E-state index contributed by atoms with van der Waals surface area (Å²) in [4.78, 5) is 0. The van der Waals surface area contributed by atoms with E-state index in [1.165, 1.54) is 0 Å². The van der Waals surface area contributed by atoms with E-state index in [-0.39, 0.29) is 0 Å². The molecule has 0 saturated heterocycles. The highest BCUT2D eigenvalue weighted by atomic mass is 14.7. The molecule has 0 radical (unpaired) electrons. The average Bonchev–Trinajstić information content (AvgIpc) is 2.48. The van der Waals surface area contributed by atoms with Crippen molar-refractivity contribution in [1.82, 2.24) is 0 Å². The minimum Gasteiger partial charge on any atom is -0.330 e. The number of hydrogen-bond acceptors (Lipinski definition) is 1. The molecular weight excluding hydrogens is 134 g/mol. The van der Waals surface area contributed by atoms with Crippen molar-refractivity contribution in [2.24, 2.45) is 23.0 Å². The van der Waals surface area contributed by atoms with Gasteiger partial charge in [0.05, 0.1) is 0 Å². The van der Waals surface area contributed by atoms with E-state index in [0.29, 0.717) is 5.41 Å². The monoisotopic (exact) mass is 153 g/mol. The molecule has 0 aliphatic heterocycles. The van der Waals surface area contributed by atoms with Crippen LogP contribution in [0.4, 0.5) is 0 Å². The number of rotatable bonds is 3. The highest BCUT2D eigenvalue weighted by Crippen LogP contribution is 2.58. The molecule has 1 fully saturated rings. The third-order valence-electron chi connectivity index (χ3n) is 2.97. The van der Waals surface area contributed by atoms with Crippen LogP contribution in [0.1, 0.15) is 27.2 Å². The van der Waals surface area contributed by atoms with Crippen LogP contribution >= 0.6 is 0 Å². The molecule has 0 spiro atoms. The van der Waals surface area contributed by atoms with Gasteiger partial charge < -0.3 is 5.73 Å². The van der Waals surface area contributed by atoms with Crippen LogP contribution in [0.2, 0.25) is 0 Å². The lowest BCUT2D eigenvalue weighted by atomic mass is 10.1. The van der Waals surface area contributed by atoms with Gasteiger partial charge in [0.25, 0.3) is 0 Å². The van der Waals surface area contributed by atoms with Crippen molar-refractivity contribution >= 4 is 0 Å². The SMILES string of the molecule is CC/C=C/[C@@H]1[C@@H](CN)C1(C)C. The summed E-state index contributed by atoms with van der Waals surface area (Å²) >= 11 is 0. The molecule has 0 aromatic rings. The van der Waals surface area contributed by atoms with Gasteiger partial charge in [0.15, 0.2) is 0 Å². The van der Waals surface area contributed by atoms with Gasteiger partial charge in [-0.1, -0.05) is 32.9 Å². The minimum absolute atomic E-state index is 0.473. The Balaban J connectivity index is 2.45. The van der Waals surface area contributed by atoms with Crippen LogP contribution in [-0.2, 0) is 0 Å². The summed E-state index contributed by atoms with van der Waals surface area (Å²) in [7, 11) is 0. The van der Waals surface area contributed by atoms with Gasteiger partial charge >= 0.3 is 0 Å². The van der Waals surface area contributed by atoms with E-state index in [4.69, 9.17) is 5.73 Å². The molecule has 0 bridgehead atoms. The summed E-state index contributed by atoms with van der Waals surface area (Å²) in [5.41, 5.74) is 6.11. The van der Waals surface area contributed by atoms with Crippen molar-refractivity contribution in [3.63, 3.8) is 0 Å². The number of hydrogen-bond donors (Lipinski definition) is 1. The molecule has 1 heteroatoms. The van der Waals surface area contributed by atoms with Crippen molar-refractivity contribution < 1.29 is 0 Å². The van der Waals surface area contributed by atoms with Crippen LogP contribution in [0.15, 0.2) is 12.2 Å². The Kier molecular flexibility index (Phi) is 2.38. The minimum atomic E-state index is 0.473. The lowest BCUT2D eigenvalue weighted by Crippen LogP contribution is -2.05. The molecule has 0 aromatic heterocycles. The fourth-order valence-electron chi connectivity index (χ4n) is 1.90. The summed E-state index contributed by atoms with van der Waals surface area (Å²) < 4.78 is 0. The fourth-order valence-corrected chi connectivity index (χ4v) is 1.90. The van der Waals surface area contributed by atoms with E-state index in [2.05, 4.69) is 32.9 Å². The summed E-state index contributed by atoms with van der Waals surface area (Å²) in [5.74, 6) is 1.47. The standard InChI is InChI=1S/C10H19N/c1-4-5-6-8-9(7-11)10(8,2)3/h5-6,8-9H,4,7,11H2,1-3H3/b6-5+/t8-,9-/m1/s1. The van der Waals surface area contributed by atoms with Crippen LogP contribution in [0.25, 0.3) is 0 Å². The molecule has 2 N–H and O–H groups in total. The first kappa shape index (κ1) is 8.79. The van der Waals surface area contributed by atoms with Gasteiger partial charge in [-0.05, 0) is 30.2 Å². The van der Waals surface area contributed by atoms with Crippen molar-refractivity contribution in [3.05, 3.63) is 12.2 Å². The van der Waals surface area contributed by atoms with Crippen molar-refractivity contribution in [1.29, 1.82) is 0 Å². The molecule has 1 aliphatic rings. The van der Waals surface area contributed by atoms with Gasteiger partial charge in [0.2, 0.25) is 0 Å². The van der Waals surface area contributed by atoms with Crippen LogP contribution in [0, 0.1) is 17.3 Å². The lowest BCUT2D eigenvalue weighted by molar-refractivity contribution is 0.555. The third-order valence-corrected chi connectivity index (χ3v) is 2.97. The zero-order chi connectivity index (χ0) is 8.48. The van der Waals surface area contributed by atoms with Gasteiger partial charge in [-0.2, -0.15) is 0 Å². The predicted octanol–water partition coefficient (Wildman–Crippen LogP) is 2.18. The van der Waals surface area contributed by atoms with E-state index in [1.54, 1.807) is 0 Å². The van der Waals surface area contributed by atoms with E-state index in [0.717, 1.165) is 24.8 Å². The molecule has 0 heterocycles. The first-order valence-corrected chi connectivity index (χ1v) is 4.51. The first-order chi connectivity index (χ1) is 5.14. The Morgan fingerprint density at radius 3 is 2.45 bits per heavy atom. The quantitative estimate of drug-likeness (QED) is 0.618. The van der Waals surface area contributed by atoms with Gasteiger partial charge in [-0.15, -0.1) is 0 Å². The molecule has 1 rings (SSSR count). The molecule has 2 atom stereocenters. The molecule has 0 amide bonds. The van der Waals surface area contributed by atoms with E-state index in [9.17, 15) is 0 Å². The molecule has 64 valence electrons. The smallest absolute Gasteiger partial charge is 0.00377 e. The first-order valence-electron chi connectivity index (χ1n) is 4.51. The lowest BCUT2D eigenvalue weighted by Gasteiger charge is -1.97. The zero-order valence-electron chi connectivity index (χ0n) is 7.80. The molecule has 1 aliphatic carbocycles. The van der Waals surface area contributed by atoms with Gasteiger partial charge in [0, 0.05) is 0 Å². The van der Waals surface area contributed by atoms with Crippen molar-refractivity contribution in [2.75, 3.05) is 6.54 Å². The number of allylic oxidation sites excluding steroid dienone is 2. The Bertz CT molecular complexity index is 158. The zero-order valence-corrected chi connectivity index (χ0v) is 7.80. The van der Waals surface area contributed by atoms with Crippen molar-refractivity contribution in [3.8, 4) is 0 Å². The maximum atomic E-state index is 5.64. The Morgan fingerprint density at radius 2 is 2.09 bits per heavy atom. The van der Waals surface area contributed by atoms with Gasteiger partial charge in [-0.3, -0.25) is 0 Å². The Morgan fingerprint density at radius 1 is 1.45 bits per heavy atom. The predicted molar refractivity (Wildman–Crippen MR) is 49.2 cm³/mol. The Hall–Kier alpha value is -0.300. The average molecular weight is 153 g/mol. The van der Waals surface area contributed by atoms with E-state index >= 15 is 0 Å². The topological polar surface area (TPSA) is 26.0 Å². The second-order valence-electron chi connectivity index (χ2n) is 4.03. The van der Waals surface area contributed by atoms with E-state index < -0.39 is 0 Å². The normalized spacial score (nSPS) is 34.5. The fraction of sp³-hybridized carbons (Fsp3) is 0.800. The maximum absolute atomic E-state index is 5.64. The molecule has 0 aromatic carbocycles. The summed E-state index contributed by atoms with van der Waals surface area (Å²) in [6.07, 6.45) is 5.73. The maximum Gasteiger partial charge on any atom is -0.00377 e. The van der Waals surface area contributed by atoms with E-state index in [1.807, 2.05) is 0 Å².